The number of aromatic nitrogens is 2. The number of nitrogens with zero attached hydrogens (tertiary/aromatic N) is 2. The summed E-state index contributed by atoms with van der Waals surface area (Å²) in [5, 5.41) is 3.48. The zero-order valence-corrected chi connectivity index (χ0v) is 15.2. The molecule has 0 spiro atoms. The van der Waals surface area contributed by atoms with Gasteiger partial charge in [0.15, 0.2) is 0 Å². The third-order valence-corrected chi connectivity index (χ3v) is 5.08. The fourth-order valence-electron chi connectivity index (χ4n) is 3.30. The number of hydrogen-bond acceptors (Lipinski definition) is 3. The number of hydrogen-bond donors (Lipinski definition) is 1. The van der Waals surface area contributed by atoms with Crippen LogP contribution in [-0.4, -0.2) is 21.1 Å². The van der Waals surface area contributed by atoms with Crippen molar-refractivity contribution in [1.29, 1.82) is 0 Å². The first-order chi connectivity index (χ1) is 12.5. The summed E-state index contributed by atoms with van der Waals surface area (Å²) >= 11 is 6.14. The summed E-state index contributed by atoms with van der Waals surface area (Å²) in [4.78, 5) is 37.0. The molecule has 1 saturated carbocycles. The third kappa shape index (κ3) is 4.43. The summed E-state index contributed by atoms with van der Waals surface area (Å²) in [6.45, 7) is -0.0272. The van der Waals surface area contributed by atoms with Gasteiger partial charge in [-0.2, -0.15) is 0 Å². The molecule has 0 unspecified atom stereocenters. The molecule has 1 fully saturated rings. The summed E-state index contributed by atoms with van der Waals surface area (Å²) in [6, 6.07) is 8.65. The van der Waals surface area contributed by atoms with Gasteiger partial charge in [-0.15, -0.1) is 0 Å². The molecule has 138 valence electrons. The number of amides is 1. The lowest BCUT2D eigenvalue weighted by Gasteiger charge is -2.22. The lowest BCUT2D eigenvalue weighted by Crippen LogP contribution is -2.45. The molecular formula is C19H22ClN3O3. The molecule has 1 aliphatic rings. The maximum absolute atomic E-state index is 12.6. The predicted octanol–water partition coefficient (Wildman–Crippen LogP) is 2.16. The molecule has 0 saturated heterocycles. The van der Waals surface area contributed by atoms with Gasteiger partial charge in [-0.1, -0.05) is 49.1 Å². The minimum absolute atomic E-state index is 0.140. The fourth-order valence-corrected chi connectivity index (χ4v) is 3.49. The maximum Gasteiger partial charge on any atom is 0.331 e. The van der Waals surface area contributed by atoms with E-state index in [0.29, 0.717) is 5.02 Å². The fraction of sp³-hybridized carbons (Fsp3) is 0.421. The van der Waals surface area contributed by atoms with E-state index in [4.69, 9.17) is 11.6 Å². The highest BCUT2D eigenvalue weighted by atomic mass is 35.5. The highest BCUT2D eigenvalue weighted by Crippen LogP contribution is 2.17. The second kappa shape index (κ2) is 8.36. The largest absolute Gasteiger partial charge is 0.352 e. The van der Waals surface area contributed by atoms with E-state index in [1.54, 1.807) is 6.07 Å². The number of carbonyl (C=O) groups is 1. The summed E-state index contributed by atoms with van der Waals surface area (Å²) in [6.07, 6.45) is 6.72. The first-order valence-corrected chi connectivity index (χ1v) is 9.25. The molecule has 1 heterocycles. The molecule has 1 amide bonds. The lowest BCUT2D eigenvalue weighted by molar-refractivity contribution is -0.122. The molecule has 0 radical (unpaired) electrons. The number of rotatable bonds is 5. The van der Waals surface area contributed by atoms with E-state index in [1.807, 2.05) is 18.2 Å². The van der Waals surface area contributed by atoms with Crippen molar-refractivity contribution in [3.8, 4) is 0 Å². The number of halogens is 1. The minimum atomic E-state index is -0.517. The predicted molar refractivity (Wildman–Crippen MR) is 101 cm³/mol. The molecule has 1 N–H and O–H groups in total. The molecule has 26 heavy (non-hydrogen) atoms. The Hall–Kier alpha value is -2.34. The number of nitrogens with one attached hydrogen (secondary N) is 1. The highest BCUT2D eigenvalue weighted by Gasteiger charge is 2.17. The van der Waals surface area contributed by atoms with Crippen LogP contribution in [-0.2, 0) is 17.9 Å². The third-order valence-electron chi connectivity index (χ3n) is 4.71. The molecule has 2 aromatic rings. The Bertz CT molecular complexity index is 897. The van der Waals surface area contributed by atoms with Gasteiger partial charge < -0.3 is 5.32 Å². The molecule has 0 atom stereocenters. The van der Waals surface area contributed by atoms with Crippen LogP contribution in [0.5, 0.6) is 0 Å². The molecule has 1 aromatic heterocycles. The van der Waals surface area contributed by atoms with E-state index in [-0.39, 0.29) is 25.0 Å². The van der Waals surface area contributed by atoms with Crippen molar-refractivity contribution in [3.63, 3.8) is 0 Å². The van der Waals surface area contributed by atoms with Crippen molar-refractivity contribution in [2.75, 3.05) is 0 Å². The van der Waals surface area contributed by atoms with Crippen molar-refractivity contribution in [1.82, 2.24) is 14.5 Å². The SMILES string of the molecule is O=C(Cn1c(=O)ccn(Cc2ccccc2Cl)c1=O)NC1CCCCC1. The summed E-state index contributed by atoms with van der Waals surface area (Å²) in [5.41, 5.74) is -0.228. The van der Waals surface area contributed by atoms with Crippen LogP contribution in [0.15, 0.2) is 46.1 Å². The van der Waals surface area contributed by atoms with Crippen molar-refractivity contribution in [2.45, 2.75) is 51.2 Å². The van der Waals surface area contributed by atoms with Crippen molar-refractivity contribution < 1.29 is 4.79 Å². The molecular weight excluding hydrogens is 354 g/mol. The van der Waals surface area contributed by atoms with Crippen LogP contribution in [0.25, 0.3) is 0 Å². The average Bonchev–Trinajstić information content (AvgIpc) is 2.63. The lowest BCUT2D eigenvalue weighted by atomic mass is 9.95. The number of benzene rings is 1. The van der Waals surface area contributed by atoms with Crippen LogP contribution in [0, 0.1) is 0 Å². The minimum Gasteiger partial charge on any atom is -0.352 e. The molecule has 1 aromatic carbocycles. The zero-order chi connectivity index (χ0) is 18.5. The van der Waals surface area contributed by atoms with E-state index >= 15 is 0 Å². The van der Waals surface area contributed by atoms with Crippen LogP contribution >= 0.6 is 11.6 Å². The highest BCUT2D eigenvalue weighted by molar-refractivity contribution is 6.31. The van der Waals surface area contributed by atoms with E-state index in [2.05, 4.69) is 5.32 Å². The normalized spacial score (nSPS) is 15.0. The van der Waals surface area contributed by atoms with Gasteiger partial charge in [-0.05, 0) is 24.5 Å². The molecule has 7 heteroatoms. The van der Waals surface area contributed by atoms with Gasteiger partial charge in [0.25, 0.3) is 5.56 Å². The Morgan fingerprint density at radius 3 is 2.58 bits per heavy atom. The molecule has 6 nitrogen and oxygen atoms in total. The van der Waals surface area contributed by atoms with E-state index in [1.165, 1.54) is 23.3 Å². The molecule has 3 rings (SSSR count). The Morgan fingerprint density at radius 2 is 1.85 bits per heavy atom. The monoisotopic (exact) mass is 375 g/mol. The summed E-state index contributed by atoms with van der Waals surface area (Å²) < 4.78 is 2.35. The van der Waals surface area contributed by atoms with E-state index in [9.17, 15) is 14.4 Å². The summed E-state index contributed by atoms with van der Waals surface area (Å²) in [7, 11) is 0. The first-order valence-electron chi connectivity index (χ1n) is 8.87. The number of carbonyl (C=O) groups excluding carboxylic acids is 1. The Kier molecular flexibility index (Phi) is 5.93. The Morgan fingerprint density at radius 1 is 1.12 bits per heavy atom. The molecule has 1 aliphatic carbocycles. The zero-order valence-electron chi connectivity index (χ0n) is 14.5. The Balaban J connectivity index is 1.77. The van der Waals surface area contributed by atoms with Crippen molar-refractivity contribution in [2.24, 2.45) is 0 Å². The van der Waals surface area contributed by atoms with Gasteiger partial charge in [0.05, 0.1) is 6.54 Å². The second-order valence-corrected chi connectivity index (χ2v) is 7.05. The van der Waals surface area contributed by atoms with E-state index < -0.39 is 11.2 Å². The van der Waals surface area contributed by atoms with Crippen LogP contribution in [0.3, 0.4) is 0 Å². The van der Waals surface area contributed by atoms with Crippen LogP contribution in [0.4, 0.5) is 0 Å². The second-order valence-electron chi connectivity index (χ2n) is 6.64. The van der Waals surface area contributed by atoms with Crippen molar-refractivity contribution in [3.05, 3.63) is 68.0 Å². The van der Waals surface area contributed by atoms with Gasteiger partial charge in [0.1, 0.15) is 6.54 Å². The quantitative estimate of drug-likeness (QED) is 0.870. The molecule has 0 aliphatic heterocycles. The van der Waals surface area contributed by atoms with Crippen LogP contribution in [0.1, 0.15) is 37.7 Å². The topological polar surface area (TPSA) is 73.1 Å². The van der Waals surface area contributed by atoms with Gasteiger partial charge in [-0.25, -0.2) is 4.79 Å². The first kappa shape index (κ1) is 18.5. The van der Waals surface area contributed by atoms with Crippen molar-refractivity contribution >= 4 is 17.5 Å². The van der Waals surface area contributed by atoms with Gasteiger partial charge in [-0.3, -0.25) is 18.7 Å². The van der Waals surface area contributed by atoms with Gasteiger partial charge in [0.2, 0.25) is 5.91 Å². The van der Waals surface area contributed by atoms with Crippen LogP contribution < -0.4 is 16.6 Å². The maximum atomic E-state index is 12.6. The molecule has 0 bridgehead atoms. The van der Waals surface area contributed by atoms with Crippen LogP contribution in [0.2, 0.25) is 5.02 Å². The standard InChI is InChI=1S/C19H22ClN3O3/c20-16-9-5-4-6-14(16)12-22-11-10-18(25)23(19(22)26)13-17(24)21-15-7-2-1-3-8-15/h4-6,9-11,15H,1-3,7-8,12-13H2,(H,21,24). The van der Waals surface area contributed by atoms with Gasteiger partial charge in [0, 0.05) is 23.3 Å². The smallest absolute Gasteiger partial charge is 0.331 e. The van der Waals surface area contributed by atoms with Gasteiger partial charge >= 0.3 is 5.69 Å². The Labute approximate surface area is 156 Å². The summed E-state index contributed by atoms with van der Waals surface area (Å²) in [5.74, 6) is -0.299. The van der Waals surface area contributed by atoms with E-state index in [0.717, 1.165) is 35.8 Å². The average molecular weight is 376 g/mol.